The largest absolute Gasteiger partial charge is 0.396 e. The second-order valence-corrected chi connectivity index (χ2v) is 5.53. The maximum absolute atomic E-state index is 11.6. The zero-order valence-corrected chi connectivity index (χ0v) is 14.0. The van der Waals surface area contributed by atoms with Crippen LogP contribution in [0.3, 0.4) is 0 Å². The molecule has 0 bridgehead atoms. The molecular formula is C18H23N5O. The molecule has 1 unspecified atom stereocenters. The molecule has 0 aromatic carbocycles. The van der Waals surface area contributed by atoms with Gasteiger partial charge >= 0.3 is 6.03 Å². The summed E-state index contributed by atoms with van der Waals surface area (Å²) in [5.41, 5.74) is 8.09. The molecule has 0 saturated heterocycles. The lowest BCUT2D eigenvalue weighted by molar-refractivity contribution is 0.252. The van der Waals surface area contributed by atoms with Gasteiger partial charge < -0.3 is 11.1 Å². The molecule has 0 aliphatic heterocycles. The number of hydrogen-bond donors (Lipinski definition) is 3. The SMILES string of the molecule is C=CC(=Nc1nc(NC(=O)NCC)ccc1N)C1=CCC(C)C=C1. The van der Waals surface area contributed by atoms with Crippen LogP contribution in [-0.4, -0.2) is 23.3 Å². The van der Waals surface area contributed by atoms with Crippen molar-refractivity contribution in [2.24, 2.45) is 10.9 Å². The third-order valence-electron chi connectivity index (χ3n) is 3.51. The summed E-state index contributed by atoms with van der Waals surface area (Å²) >= 11 is 0. The zero-order chi connectivity index (χ0) is 17.5. The number of anilines is 2. The van der Waals surface area contributed by atoms with E-state index in [-0.39, 0.29) is 6.03 Å². The molecule has 1 aromatic heterocycles. The maximum Gasteiger partial charge on any atom is 0.320 e. The summed E-state index contributed by atoms with van der Waals surface area (Å²) in [5.74, 6) is 1.26. The molecule has 1 aliphatic carbocycles. The van der Waals surface area contributed by atoms with E-state index in [4.69, 9.17) is 5.73 Å². The average Bonchev–Trinajstić information content (AvgIpc) is 2.56. The fourth-order valence-corrected chi connectivity index (χ4v) is 2.20. The third-order valence-corrected chi connectivity index (χ3v) is 3.51. The number of rotatable bonds is 5. The number of carbonyl (C=O) groups excluding carboxylic acids is 1. The van der Waals surface area contributed by atoms with Crippen molar-refractivity contribution in [1.82, 2.24) is 10.3 Å². The monoisotopic (exact) mass is 325 g/mol. The number of carbonyl (C=O) groups is 1. The number of amides is 2. The number of nitrogens with zero attached hydrogens (tertiary/aromatic N) is 2. The summed E-state index contributed by atoms with van der Waals surface area (Å²) in [5, 5.41) is 5.29. The van der Waals surface area contributed by atoms with Crippen LogP contribution in [0.4, 0.5) is 22.1 Å². The number of aromatic nitrogens is 1. The Morgan fingerprint density at radius 1 is 1.54 bits per heavy atom. The Balaban J connectivity index is 2.27. The van der Waals surface area contributed by atoms with Gasteiger partial charge in [0.25, 0.3) is 0 Å². The van der Waals surface area contributed by atoms with Gasteiger partial charge in [-0.15, -0.1) is 0 Å². The van der Waals surface area contributed by atoms with Crippen LogP contribution in [0.25, 0.3) is 0 Å². The summed E-state index contributed by atoms with van der Waals surface area (Å²) in [6.07, 6.45) is 8.93. The Hall–Kier alpha value is -2.89. The van der Waals surface area contributed by atoms with Gasteiger partial charge in [0.1, 0.15) is 5.82 Å². The highest BCUT2D eigenvalue weighted by Gasteiger charge is 2.10. The van der Waals surface area contributed by atoms with E-state index in [2.05, 4.69) is 46.3 Å². The molecule has 0 fully saturated rings. The van der Waals surface area contributed by atoms with Crippen molar-refractivity contribution < 1.29 is 4.79 Å². The molecular weight excluding hydrogens is 302 g/mol. The average molecular weight is 325 g/mol. The van der Waals surface area contributed by atoms with E-state index in [1.807, 2.05) is 13.0 Å². The topological polar surface area (TPSA) is 92.4 Å². The molecule has 1 heterocycles. The number of nitrogens with one attached hydrogen (secondary N) is 2. The Kier molecular flexibility index (Phi) is 5.89. The number of aliphatic imine (C=N–C) groups is 1. The lowest BCUT2D eigenvalue weighted by Crippen LogP contribution is -2.28. The van der Waals surface area contributed by atoms with Gasteiger partial charge in [0, 0.05) is 6.54 Å². The molecule has 1 aromatic rings. The predicted octanol–water partition coefficient (Wildman–Crippen LogP) is 3.59. The first-order chi connectivity index (χ1) is 11.5. The first-order valence-electron chi connectivity index (χ1n) is 7.94. The van der Waals surface area contributed by atoms with Gasteiger partial charge in [-0.2, -0.15) is 0 Å². The highest BCUT2D eigenvalue weighted by atomic mass is 16.2. The molecule has 0 saturated carbocycles. The summed E-state index contributed by atoms with van der Waals surface area (Å²) in [6, 6.07) is 2.99. The fraction of sp³-hybridized carbons (Fsp3) is 0.278. The summed E-state index contributed by atoms with van der Waals surface area (Å²) in [4.78, 5) is 20.4. The highest BCUT2D eigenvalue weighted by molar-refractivity contribution is 6.11. The van der Waals surface area contributed by atoms with Crippen LogP contribution >= 0.6 is 0 Å². The summed E-state index contributed by atoms with van der Waals surface area (Å²) < 4.78 is 0. The van der Waals surface area contributed by atoms with Crippen molar-refractivity contribution in [1.29, 1.82) is 0 Å². The van der Waals surface area contributed by atoms with E-state index >= 15 is 0 Å². The number of nitrogen functional groups attached to an aromatic ring is 1. The second kappa shape index (κ2) is 8.10. The summed E-state index contributed by atoms with van der Waals surface area (Å²) in [7, 11) is 0. The molecule has 2 rings (SSSR count). The van der Waals surface area contributed by atoms with Gasteiger partial charge in [0.15, 0.2) is 5.82 Å². The standard InChI is InChI=1S/C18H23N5O/c1-4-15(13-8-6-12(3)7-9-13)21-17-14(19)10-11-16(22-17)23-18(24)20-5-2/h4,6,8-12H,1,5,7,19H2,2-3H3,(H2,20,22,23,24). The Morgan fingerprint density at radius 3 is 2.96 bits per heavy atom. The van der Waals surface area contributed by atoms with Crippen molar-refractivity contribution >= 4 is 29.1 Å². The maximum atomic E-state index is 11.6. The van der Waals surface area contributed by atoms with E-state index in [0.717, 1.165) is 12.0 Å². The van der Waals surface area contributed by atoms with Gasteiger partial charge in [0.05, 0.1) is 11.4 Å². The number of urea groups is 1. The van der Waals surface area contributed by atoms with Gasteiger partial charge in [0.2, 0.25) is 0 Å². The molecule has 6 nitrogen and oxygen atoms in total. The van der Waals surface area contributed by atoms with E-state index in [9.17, 15) is 4.79 Å². The molecule has 6 heteroatoms. The van der Waals surface area contributed by atoms with Crippen LogP contribution in [0, 0.1) is 5.92 Å². The minimum Gasteiger partial charge on any atom is -0.396 e. The van der Waals surface area contributed by atoms with Gasteiger partial charge in [-0.05, 0) is 43.0 Å². The zero-order valence-electron chi connectivity index (χ0n) is 14.0. The lowest BCUT2D eigenvalue weighted by atomic mass is 9.96. The summed E-state index contributed by atoms with van der Waals surface area (Å²) in [6.45, 7) is 8.35. The van der Waals surface area contributed by atoms with E-state index in [1.165, 1.54) is 0 Å². The van der Waals surface area contributed by atoms with Crippen LogP contribution in [0.15, 0.2) is 53.6 Å². The molecule has 1 aliphatic rings. The first-order valence-corrected chi connectivity index (χ1v) is 7.94. The highest BCUT2D eigenvalue weighted by Crippen LogP contribution is 2.24. The Bertz CT molecular complexity index is 718. The normalized spacial score (nSPS) is 17.2. The molecule has 126 valence electrons. The molecule has 2 amide bonds. The molecule has 24 heavy (non-hydrogen) atoms. The van der Waals surface area contributed by atoms with Gasteiger partial charge in [-0.25, -0.2) is 14.8 Å². The van der Waals surface area contributed by atoms with Crippen molar-refractivity contribution in [2.45, 2.75) is 20.3 Å². The fourth-order valence-electron chi connectivity index (χ4n) is 2.20. The molecule has 0 spiro atoms. The van der Waals surface area contributed by atoms with E-state index in [1.54, 1.807) is 18.2 Å². The number of nitrogens with two attached hydrogens (primary N) is 1. The molecule has 1 atom stereocenters. The first kappa shape index (κ1) is 17.5. The van der Waals surface area contributed by atoms with Crippen molar-refractivity contribution in [3.63, 3.8) is 0 Å². The predicted molar refractivity (Wildman–Crippen MR) is 99.6 cm³/mol. The van der Waals surface area contributed by atoms with Crippen molar-refractivity contribution in [3.05, 3.63) is 48.6 Å². The Labute approximate surface area is 142 Å². The number of pyridine rings is 1. The van der Waals surface area contributed by atoms with Crippen molar-refractivity contribution in [3.8, 4) is 0 Å². The molecule has 0 radical (unpaired) electrons. The van der Waals surface area contributed by atoms with E-state index < -0.39 is 0 Å². The van der Waals surface area contributed by atoms with Crippen LogP contribution in [0.2, 0.25) is 0 Å². The third kappa shape index (κ3) is 4.55. The smallest absolute Gasteiger partial charge is 0.320 e. The van der Waals surface area contributed by atoms with Crippen LogP contribution < -0.4 is 16.4 Å². The van der Waals surface area contributed by atoms with E-state index in [0.29, 0.717) is 35.5 Å². The van der Waals surface area contributed by atoms with Gasteiger partial charge in [-0.1, -0.05) is 31.7 Å². The Morgan fingerprint density at radius 2 is 2.33 bits per heavy atom. The van der Waals surface area contributed by atoms with Crippen LogP contribution in [0.5, 0.6) is 0 Å². The van der Waals surface area contributed by atoms with Gasteiger partial charge in [-0.3, -0.25) is 5.32 Å². The minimum atomic E-state index is -0.319. The minimum absolute atomic E-state index is 0.319. The van der Waals surface area contributed by atoms with Crippen LogP contribution in [0.1, 0.15) is 20.3 Å². The number of allylic oxidation sites excluding steroid dienone is 5. The van der Waals surface area contributed by atoms with Crippen molar-refractivity contribution in [2.75, 3.05) is 17.6 Å². The quantitative estimate of drug-likeness (QED) is 0.722. The molecule has 4 N–H and O–H groups in total. The van der Waals surface area contributed by atoms with Crippen LogP contribution in [-0.2, 0) is 0 Å². The second-order valence-electron chi connectivity index (χ2n) is 5.53. The number of hydrogen-bond acceptors (Lipinski definition) is 4. The lowest BCUT2D eigenvalue weighted by Gasteiger charge is -2.12.